The number of piperidine rings is 1. The molecule has 18 heavy (non-hydrogen) atoms. The van der Waals surface area contributed by atoms with Crippen molar-refractivity contribution in [2.45, 2.75) is 50.1 Å². The minimum atomic E-state index is -3.35. The summed E-state index contributed by atoms with van der Waals surface area (Å²) in [5, 5.41) is 0. The van der Waals surface area contributed by atoms with E-state index >= 15 is 0 Å². The number of sulfonamides is 1. The monoisotopic (exact) mass is 379 g/mol. The highest BCUT2D eigenvalue weighted by Gasteiger charge is 2.35. The highest BCUT2D eigenvalue weighted by molar-refractivity contribution is 14.1. The largest absolute Gasteiger partial charge is 0.243 e. The van der Waals surface area contributed by atoms with Crippen LogP contribution in [0.4, 0.5) is 0 Å². The fraction of sp³-hybridized carbons (Fsp3) is 0.538. The van der Waals surface area contributed by atoms with Crippen molar-refractivity contribution in [3.63, 3.8) is 0 Å². The van der Waals surface area contributed by atoms with Crippen LogP contribution >= 0.6 is 22.6 Å². The second kappa shape index (κ2) is 5.46. The summed E-state index contributed by atoms with van der Waals surface area (Å²) in [4.78, 5) is 0.406. The third-order valence-corrected chi connectivity index (χ3v) is 6.36. The zero-order valence-corrected chi connectivity index (χ0v) is 13.6. The Morgan fingerprint density at radius 3 is 2.11 bits per heavy atom. The minimum absolute atomic E-state index is 0.0954. The first-order valence-electron chi connectivity index (χ1n) is 6.22. The van der Waals surface area contributed by atoms with Gasteiger partial charge in [-0.1, -0.05) is 6.42 Å². The first-order chi connectivity index (χ1) is 8.43. The fourth-order valence-corrected chi connectivity index (χ4v) is 4.84. The molecule has 0 bridgehead atoms. The third-order valence-electron chi connectivity index (χ3n) is 3.50. The second-order valence-corrected chi connectivity index (χ2v) is 8.01. The maximum Gasteiger partial charge on any atom is 0.243 e. The zero-order chi connectivity index (χ0) is 13.3. The van der Waals surface area contributed by atoms with Crippen LogP contribution in [0.15, 0.2) is 29.2 Å². The minimum Gasteiger partial charge on any atom is -0.207 e. The van der Waals surface area contributed by atoms with Gasteiger partial charge in [0, 0.05) is 15.7 Å². The molecule has 1 fully saturated rings. The van der Waals surface area contributed by atoms with E-state index in [2.05, 4.69) is 22.6 Å². The van der Waals surface area contributed by atoms with Crippen molar-refractivity contribution in [2.24, 2.45) is 0 Å². The molecule has 1 aromatic rings. The maximum absolute atomic E-state index is 12.6. The number of rotatable bonds is 2. The number of hydrogen-bond donors (Lipinski definition) is 0. The van der Waals surface area contributed by atoms with Crippen LogP contribution in [0.25, 0.3) is 0 Å². The van der Waals surface area contributed by atoms with Gasteiger partial charge in [0.2, 0.25) is 10.0 Å². The molecule has 5 heteroatoms. The van der Waals surface area contributed by atoms with Crippen molar-refractivity contribution < 1.29 is 8.42 Å². The van der Waals surface area contributed by atoms with Crippen LogP contribution < -0.4 is 0 Å². The zero-order valence-electron chi connectivity index (χ0n) is 10.6. The van der Waals surface area contributed by atoms with Gasteiger partial charge in [-0.05, 0) is 73.5 Å². The standard InChI is InChI=1S/C13H18INO2S/c1-10-4-3-5-11(2)15(10)18(16,17)13-8-6-12(14)7-9-13/h6-11H,3-5H2,1-2H3. The van der Waals surface area contributed by atoms with E-state index in [0.717, 1.165) is 22.8 Å². The number of benzene rings is 1. The van der Waals surface area contributed by atoms with Crippen LogP contribution in [0.5, 0.6) is 0 Å². The summed E-state index contributed by atoms with van der Waals surface area (Å²) in [5.74, 6) is 0. The molecule has 1 aliphatic heterocycles. The molecule has 1 saturated heterocycles. The van der Waals surface area contributed by atoms with Crippen molar-refractivity contribution >= 4 is 32.6 Å². The van der Waals surface area contributed by atoms with Crippen molar-refractivity contribution in [2.75, 3.05) is 0 Å². The molecule has 2 rings (SSSR count). The van der Waals surface area contributed by atoms with E-state index in [1.165, 1.54) is 0 Å². The van der Waals surface area contributed by atoms with Crippen LogP contribution in [0.2, 0.25) is 0 Å². The van der Waals surface area contributed by atoms with Gasteiger partial charge in [-0.3, -0.25) is 0 Å². The Kier molecular flexibility index (Phi) is 4.33. The maximum atomic E-state index is 12.6. The van der Waals surface area contributed by atoms with Gasteiger partial charge in [-0.25, -0.2) is 8.42 Å². The molecule has 3 nitrogen and oxygen atoms in total. The van der Waals surface area contributed by atoms with E-state index in [1.54, 1.807) is 16.4 Å². The summed E-state index contributed by atoms with van der Waals surface area (Å²) in [5.41, 5.74) is 0. The molecule has 0 spiro atoms. The molecular weight excluding hydrogens is 361 g/mol. The highest BCUT2D eigenvalue weighted by atomic mass is 127. The summed E-state index contributed by atoms with van der Waals surface area (Å²) in [6, 6.07) is 7.27. The molecule has 1 aliphatic rings. The first kappa shape index (κ1) is 14.3. The number of nitrogens with zero attached hydrogens (tertiary/aromatic N) is 1. The number of hydrogen-bond acceptors (Lipinski definition) is 2. The van der Waals surface area contributed by atoms with Crippen molar-refractivity contribution in [1.29, 1.82) is 0 Å². The lowest BCUT2D eigenvalue weighted by molar-refractivity contribution is 0.204. The second-order valence-electron chi connectivity index (χ2n) is 4.92. The molecular formula is C13H18INO2S. The molecule has 1 aromatic carbocycles. The summed E-state index contributed by atoms with van der Waals surface area (Å²) >= 11 is 2.18. The molecule has 2 unspecified atom stereocenters. The van der Waals surface area contributed by atoms with Crippen LogP contribution in [-0.4, -0.2) is 24.8 Å². The molecule has 0 N–H and O–H groups in total. The van der Waals surface area contributed by atoms with Gasteiger partial charge < -0.3 is 0 Å². The van der Waals surface area contributed by atoms with Gasteiger partial charge >= 0.3 is 0 Å². The quantitative estimate of drug-likeness (QED) is 0.740. The molecule has 0 aliphatic carbocycles. The molecule has 0 amide bonds. The molecule has 100 valence electrons. The molecule has 0 radical (unpaired) electrons. The molecule has 1 heterocycles. The summed E-state index contributed by atoms with van der Waals surface area (Å²) in [7, 11) is -3.35. The molecule has 0 saturated carbocycles. The lowest BCUT2D eigenvalue weighted by atomic mass is 10.0. The van der Waals surface area contributed by atoms with E-state index in [-0.39, 0.29) is 12.1 Å². The van der Waals surface area contributed by atoms with E-state index in [1.807, 2.05) is 26.0 Å². The Morgan fingerprint density at radius 2 is 1.61 bits per heavy atom. The Morgan fingerprint density at radius 1 is 1.11 bits per heavy atom. The lowest BCUT2D eigenvalue weighted by Gasteiger charge is -2.37. The highest BCUT2D eigenvalue weighted by Crippen LogP contribution is 2.29. The lowest BCUT2D eigenvalue weighted by Crippen LogP contribution is -2.47. The third kappa shape index (κ3) is 2.72. The molecule has 0 aromatic heterocycles. The van der Waals surface area contributed by atoms with E-state index < -0.39 is 10.0 Å². The van der Waals surface area contributed by atoms with Gasteiger partial charge in [0.25, 0.3) is 0 Å². The predicted octanol–water partition coefficient (Wildman–Crippen LogP) is 3.24. The topological polar surface area (TPSA) is 37.4 Å². The van der Waals surface area contributed by atoms with Crippen molar-refractivity contribution in [3.8, 4) is 0 Å². The Labute approximate surface area is 123 Å². The van der Waals surface area contributed by atoms with Crippen LogP contribution in [0, 0.1) is 3.57 Å². The fourth-order valence-electron chi connectivity index (χ4n) is 2.60. The Hall–Kier alpha value is -0.140. The van der Waals surface area contributed by atoms with Crippen LogP contribution in [-0.2, 0) is 10.0 Å². The smallest absolute Gasteiger partial charge is 0.207 e. The SMILES string of the molecule is CC1CCCC(C)N1S(=O)(=O)c1ccc(I)cc1. The normalized spacial score (nSPS) is 26.2. The average molecular weight is 379 g/mol. The van der Waals surface area contributed by atoms with E-state index in [4.69, 9.17) is 0 Å². The van der Waals surface area contributed by atoms with Gasteiger partial charge in [0.1, 0.15) is 0 Å². The van der Waals surface area contributed by atoms with Crippen LogP contribution in [0.3, 0.4) is 0 Å². The summed E-state index contributed by atoms with van der Waals surface area (Å²) in [6.07, 6.45) is 3.02. The molecule has 2 atom stereocenters. The van der Waals surface area contributed by atoms with E-state index in [9.17, 15) is 8.42 Å². The number of halogens is 1. The predicted molar refractivity (Wildman–Crippen MR) is 81.0 cm³/mol. The van der Waals surface area contributed by atoms with Gasteiger partial charge in [0.05, 0.1) is 4.90 Å². The van der Waals surface area contributed by atoms with Gasteiger partial charge in [-0.15, -0.1) is 0 Å². The van der Waals surface area contributed by atoms with Gasteiger partial charge in [0.15, 0.2) is 0 Å². The first-order valence-corrected chi connectivity index (χ1v) is 8.74. The average Bonchev–Trinajstić information content (AvgIpc) is 2.29. The van der Waals surface area contributed by atoms with E-state index in [0.29, 0.717) is 4.90 Å². The van der Waals surface area contributed by atoms with Crippen molar-refractivity contribution in [3.05, 3.63) is 27.8 Å². The summed E-state index contributed by atoms with van der Waals surface area (Å²) in [6.45, 7) is 4.00. The van der Waals surface area contributed by atoms with Crippen molar-refractivity contribution in [1.82, 2.24) is 4.31 Å². The summed E-state index contributed by atoms with van der Waals surface area (Å²) < 4.78 is 28.0. The Bertz CT molecular complexity index is 502. The Balaban J connectivity index is 2.38. The van der Waals surface area contributed by atoms with Crippen LogP contribution in [0.1, 0.15) is 33.1 Å². The van der Waals surface area contributed by atoms with Gasteiger partial charge in [-0.2, -0.15) is 4.31 Å².